The van der Waals surface area contributed by atoms with E-state index in [-0.39, 0.29) is 17.3 Å². The van der Waals surface area contributed by atoms with Crippen LogP contribution in [0.25, 0.3) is 0 Å². The second-order valence-electron chi connectivity index (χ2n) is 9.51. The summed E-state index contributed by atoms with van der Waals surface area (Å²) in [6.45, 7) is 5.56. The molecule has 0 bridgehead atoms. The number of fused-ring (bicyclic) bond motifs is 1. The molecule has 1 aromatic heterocycles. The van der Waals surface area contributed by atoms with Gasteiger partial charge >= 0.3 is 5.97 Å². The van der Waals surface area contributed by atoms with Gasteiger partial charge in [0.1, 0.15) is 21.0 Å². The van der Waals surface area contributed by atoms with E-state index in [9.17, 15) is 14.4 Å². The number of carbonyl (C=O) groups is 3. The van der Waals surface area contributed by atoms with Crippen LogP contribution in [0.15, 0.2) is 28.4 Å². The van der Waals surface area contributed by atoms with Crippen molar-refractivity contribution >= 4 is 68.2 Å². The van der Waals surface area contributed by atoms with Gasteiger partial charge < -0.3 is 25.8 Å². The van der Waals surface area contributed by atoms with Gasteiger partial charge in [0, 0.05) is 27.7 Å². The van der Waals surface area contributed by atoms with Crippen LogP contribution in [-0.4, -0.2) is 48.3 Å². The van der Waals surface area contributed by atoms with Crippen molar-refractivity contribution in [3.05, 3.63) is 50.0 Å². The van der Waals surface area contributed by atoms with E-state index in [4.69, 9.17) is 26.8 Å². The molecule has 9 nitrogen and oxygen atoms in total. The van der Waals surface area contributed by atoms with Crippen LogP contribution in [0.4, 0.5) is 10.7 Å². The molecule has 0 radical (unpaired) electrons. The Morgan fingerprint density at radius 1 is 1.15 bits per heavy atom. The highest BCUT2D eigenvalue weighted by Gasteiger charge is 2.39. The quantitative estimate of drug-likeness (QED) is 0.382. The zero-order valence-corrected chi connectivity index (χ0v) is 24.8. The molecule has 2 aromatic rings. The normalized spacial score (nSPS) is 17.8. The molecule has 2 aliphatic rings. The smallest absolute Gasteiger partial charge is 0.341 e. The van der Waals surface area contributed by atoms with E-state index in [0.29, 0.717) is 32.1 Å². The average Bonchev–Trinajstić information content (AvgIpc) is 3.41. The molecule has 2 amide bonds. The Labute approximate surface area is 240 Å². The molecule has 2 heterocycles. The molecule has 1 aliphatic heterocycles. The number of hydrogen-bond donors (Lipinski definition) is 3. The van der Waals surface area contributed by atoms with Crippen LogP contribution in [0.1, 0.15) is 53.1 Å². The number of methoxy groups -OCH3 is 2. The minimum absolute atomic E-state index is 0.0833. The van der Waals surface area contributed by atoms with Crippen LogP contribution >= 0.6 is 34.7 Å². The van der Waals surface area contributed by atoms with Crippen LogP contribution in [0, 0.1) is 6.92 Å². The highest BCUT2D eigenvalue weighted by atomic mass is 35.5. The molecule has 1 atom stereocenters. The van der Waals surface area contributed by atoms with Crippen molar-refractivity contribution in [3.63, 3.8) is 0 Å². The van der Waals surface area contributed by atoms with Crippen molar-refractivity contribution in [2.24, 2.45) is 10.7 Å². The predicted octanol–water partition coefficient (Wildman–Crippen LogP) is 5.10. The number of hydrogen-bond acceptors (Lipinski definition) is 9. The lowest BCUT2D eigenvalue weighted by Crippen LogP contribution is -2.30. The monoisotopic (exact) mass is 590 g/mol. The molecule has 1 aliphatic carbocycles. The first-order valence-electron chi connectivity index (χ1n) is 12.5. The minimum atomic E-state index is -0.915. The zero-order chi connectivity index (χ0) is 28.4. The SMILES string of the molecule is COC(=O)c1c(NC(=O)[C@H]2SC(=NC(C)C)C(C(=O)Nc3cc(C)c(Cl)cc3OC)=C2N)sc2c1CCCC2. The highest BCUT2D eigenvalue weighted by molar-refractivity contribution is 8.16. The van der Waals surface area contributed by atoms with E-state index in [1.807, 2.05) is 20.8 Å². The summed E-state index contributed by atoms with van der Waals surface area (Å²) in [4.78, 5) is 45.3. The number of amides is 2. The van der Waals surface area contributed by atoms with Gasteiger partial charge in [-0.3, -0.25) is 14.6 Å². The zero-order valence-electron chi connectivity index (χ0n) is 22.4. The Kier molecular flexibility index (Phi) is 8.93. The molecule has 4 rings (SSSR count). The molecule has 0 fully saturated rings. The molecule has 39 heavy (non-hydrogen) atoms. The summed E-state index contributed by atoms with van der Waals surface area (Å²) >= 11 is 8.70. The first-order chi connectivity index (χ1) is 18.5. The average molecular weight is 591 g/mol. The molecule has 4 N–H and O–H groups in total. The Hall–Kier alpha value is -3.02. The Morgan fingerprint density at radius 3 is 2.54 bits per heavy atom. The number of aryl methyl sites for hydroxylation is 2. The number of thiophene rings is 1. The van der Waals surface area contributed by atoms with Crippen molar-refractivity contribution < 1.29 is 23.9 Å². The minimum Gasteiger partial charge on any atom is -0.495 e. The first kappa shape index (κ1) is 29.0. The third-order valence-electron chi connectivity index (χ3n) is 6.38. The maximum Gasteiger partial charge on any atom is 0.341 e. The van der Waals surface area contributed by atoms with Gasteiger partial charge in [0.15, 0.2) is 0 Å². The maximum atomic E-state index is 13.5. The topological polar surface area (TPSA) is 132 Å². The summed E-state index contributed by atoms with van der Waals surface area (Å²) in [6.07, 6.45) is 3.61. The summed E-state index contributed by atoms with van der Waals surface area (Å²) in [6, 6.07) is 3.17. The number of nitrogens with zero attached hydrogens (tertiary/aromatic N) is 1. The van der Waals surface area contributed by atoms with Gasteiger partial charge in [-0.25, -0.2) is 4.79 Å². The number of benzene rings is 1. The fraction of sp³-hybridized carbons (Fsp3) is 0.407. The number of nitrogens with two attached hydrogens (primary N) is 1. The molecule has 12 heteroatoms. The number of halogens is 1. The van der Waals surface area contributed by atoms with Crippen molar-refractivity contribution in [1.82, 2.24) is 0 Å². The number of carbonyl (C=O) groups excluding carboxylic acids is 3. The molecule has 0 unspecified atom stereocenters. The van der Waals surface area contributed by atoms with Gasteiger partial charge in [0.2, 0.25) is 5.91 Å². The van der Waals surface area contributed by atoms with Crippen molar-refractivity contribution in [2.45, 2.75) is 57.7 Å². The van der Waals surface area contributed by atoms with Crippen molar-refractivity contribution in [1.29, 1.82) is 0 Å². The third-order valence-corrected chi connectivity index (χ3v) is 9.23. The summed E-state index contributed by atoms with van der Waals surface area (Å²) in [5.41, 5.74) is 9.17. The van der Waals surface area contributed by atoms with Crippen LogP contribution in [0.3, 0.4) is 0 Å². The summed E-state index contributed by atoms with van der Waals surface area (Å²) in [5.74, 6) is -1.06. The van der Waals surface area contributed by atoms with E-state index >= 15 is 0 Å². The first-order valence-corrected chi connectivity index (χ1v) is 14.6. The Balaban J connectivity index is 1.66. The maximum absolute atomic E-state index is 13.5. The number of anilines is 2. The van der Waals surface area contributed by atoms with Crippen LogP contribution in [0.2, 0.25) is 5.02 Å². The standard InChI is InChI=1S/C27H31ClN4O5S2/c1-12(2)30-26-20(23(33)31-16-10-13(3)15(28)11-17(16)36-4)21(29)22(39-26)24(34)32-25-19(27(35)37-5)14-8-6-7-9-18(14)38-25/h10-12,22H,6-9,29H2,1-5H3,(H,31,33)(H,32,34)/t22-/m0/s1. The lowest BCUT2D eigenvalue weighted by Gasteiger charge is -2.13. The summed E-state index contributed by atoms with van der Waals surface area (Å²) < 4.78 is 10.4. The van der Waals surface area contributed by atoms with Crippen LogP contribution < -0.4 is 21.1 Å². The third kappa shape index (κ3) is 5.95. The summed E-state index contributed by atoms with van der Waals surface area (Å²) in [5, 5.41) is 6.11. The molecule has 0 saturated heterocycles. The van der Waals surface area contributed by atoms with Crippen molar-refractivity contribution in [2.75, 3.05) is 24.9 Å². The largest absolute Gasteiger partial charge is 0.495 e. The molecule has 0 spiro atoms. The van der Waals surface area contributed by atoms with Crippen LogP contribution in [0.5, 0.6) is 5.75 Å². The molecule has 1 aromatic carbocycles. The molecular weight excluding hydrogens is 560 g/mol. The number of thioether (sulfide) groups is 1. The number of nitrogens with one attached hydrogen (secondary N) is 2. The van der Waals surface area contributed by atoms with Gasteiger partial charge in [-0.1, -0.05) is 23.4 Å². The van der Waals surface area contributed by atoms with E-state index < -0.39 is 23.0 Å². The highest BCUT2D eigenvalue weighted by Crippen LogP contribution is 2.41. The number of esters is 1. The van der Waals surface area contributed by atoms with Gasteiger partial charge in [0.25, 0.3) is 5.91 Å². The van der Waals surface area contributed by atoms with E-state index in [1.54, 1.807) is 12.1 Å². The fourth-order valence-corrected chi connectivity index (χ4v) is 7.17. The van der Waals surface area contributed by atoms with Crippen molar-refractivity contribution in [3.8, 4) is 5.75 Å². The lowest BCUT2D eigenvalue weighted by molar-refractivity contribution is -0.115. The molecule has 0 saturated carbocycles. The van der Waals surface area contributed by atoms with Gasteiger partial charge in [-0.05, 0) is 63.6 Å². The van der Waals surface area contributed by atoms with E-state index in [0.717, 1.165) is 53.4 Å². The van der Waals surface area contributed by atoms with Crippen LogP contribution in [-0.2, 0) is 27.2 Å². The second-order valence-corrected chi connectivity index (χ2v) is 12.1. The Morgan fingerprint density at radius 2 is 1.87 bits per heavy atom. The van der Waals surface area contributed by atoms with E-state index in [2.05, 4.69) is 15.6 Å². The molecule has 208 valence electrons. The molecular formula is C27H31ClN4O5S2. The van der Waals surface area contributed by atoms with Gasteiger partial charge in [-0.15, -0.1) is 11.3 Å². The summed E-state index contributed by atoms with van der Waals surface area (Å²) in [7, 11) is 2.80. The van der Waals surface area contributed by atoms with Gasteiger partial charge in [0.05, 0.1) is 31.0 Å². The lowest BCUT2D eigenvalue weighted by atomic mass is 9.95. The van der Waals surface area contributed by atoms with E-state index in [1.165, 1.54) is 25.6 Å². The number of ether oxygens (including phenoxy) is 2. The second kappa shape index (κ2) is 12.0. The number of rotatable bonds is 7. The Bertz CT molecular complexity index is 1400. The predicted molar refractivity (Wildman–Crippen MR) is 157 cm³/mol. The fourth-order valence-electron chi connectivity index (χ4n) is 4.51. The van der Waals surface area contributed by atoms with Gasteiger partial charge in [-0.2, -0.15) is 0 Å². The number of aliphatic imine (C=N–C) groups is 1.